The Balaban J connectivity index is 2.21. The van der Waals surface area contributed by atoms with E-state index in [0.717, 1.165) is 0 Å². The molecule has 30 heavy (non-hydrogen) atoms. The van der Waals surface area contributed by atoms with Crippen LogP contribution in [0.25, 0.3) is 0 Å². The number of sulfonamides is 1. The molecule has 0 bridgehead atoms. The lowest BCUT2D eigenvalue weighted by molar-refractivity contribution is 0.0773. The number of anilines is 1. The van der Waals surface area contributed by atoms with Crippen LogP contribution in [0.5, 0.6) is 0 Å². The first kappa shape index (κ1) is 23.6. The van der Waals surface area contributed by atoms with Gasteiger partial charge < -0.3 is 10.2 Å². The van der Waals surface area contributed by atoms with Crippen molar-refractivity contribution in [3.8, 4) is 0 Å². The Kier molecular flexibility index (Phi) is 8.16. The quantitative estimate of drug-likeness (QED) is 0.572. The van der Waals surface area contributed by atoms with Gasteiger partial charge in [-0.1, -0.05) is 23.7 Å². The summed E-state index contributed by atoms with van der Waals surface area (Å²) in [4.78, 5) is 26.7. The SMILES string of the molecule is C=CCNS(=O)(=O)c1cccc(C(=O)Nc2ccc(C(=O)N(CC)CC)c(Cl)c2)c1. The van der Waals surface area contributed by atoms with Gasteiger partial charge in [0.05, 0.1) is 15.5 Å². The molecule has 2 amide bonds. The van der Waals surface area contributed by atoms with Crippen LogP contribution in [0.2, 0.25) is 5.02 Å². The molecule has 0 fully saturated rings. The molecule has 0 aliphatic rings. The van der Waals surface area contributed by atoms with Crippen molar-refractivity contribution in [3.63, 3.8) is 0 Å². The maximum absolute atomic E-state index is 12.6. The van der Waals surface area contributed by atoms with E-state index in [4.69, 9.17) is 11.6 Å². The van der Waals surface area contributed by atoms with E-state index < -0.39 is 15.9 Å². The zero-order chi connectivity index (χ0) is 22.3. The smallest absolute Gasteiger partial charge is 0.255 e. The van der Waals surface area contributed by atoms with Gasteiger partial charge in [0.1, 0.15) is 0 Å². The van der Waals surface area contributed by atoms with Crippen LogP contribution < -0.4 is 10.0 Å². The van der Waals surface area contributed by atoms with E-state index in [1.807, 2.05) is 13.8 Å². The molecule has 2 aromatic carbocycles. The number of nitrogens with zero attached hydrogens (tertiary/aromatic N) is 1. The van der Waals surface area contributed by atoms with Gasteiger partial charge in [-0.15, -0.1) is 6.58 Å². The highest BCUT2D eigenvalue weighted by Crippen LogP contribution is 2.23. The third kappa shape index (κ3) is 5.69. The van der Waals surface area contributed by atoms with Gasteiger partial charge in [0.2, 0.25) is 10.0 Å². The fourth-order valence-corrected chi connectivity index (χ4v) is 4.01. The number of rotatable bonds is 9. The second-order valence-electron chi connectivity index (χ2n) is 6.29. The second kappa shape index (κ2) is 10.4. The number of benzene rings is 2. The van der Waals surface area contributed by atoms with Crippen molar-refractivity contribution in [2.75, 3.05) is 25.0 Å². The zero-order valence-corrected chi connectivity index (χ0v) is 18.4. The lowest BCUT2D eigenvalue weighted by Crippen LogP contribution is -2.30. The molecule has 0 radical (unpaired) electrons. The molecule has 0 aliphatic heterocycles. The molecule has 9 heteroatoms. The molecule has 160 valence electrons. The number of amides is 2. The Hall–Kier alpha value is -2.68. The van der Waals surface area contributed by atoms with E-state index in [2.05, 4.69) is 16.6 Å². The fraction of sp³-hybridized carbons (Fsp3) is 0.238. The molecule has 7 nitrogen and oxygen atoms in total. The number of hydrogen-bond donors (Lipinski definition) is 2. The summed E-state index contributed by atoms with van der Waals surface area (Å²) in [5.74, 6) is -0.692. The van der Waals surface area contributed by atoms with Gasteiger partial charge in [-0.25, -0.2) is 13.1 Å². The summed E-state index contributed by atoms with van der Waals surface area (Å²) in [6, 6.07) is 10.3. The first-order chi connectivity index (χ1) is 14.2. The number of nitrogens with one attached hydrogen (secondary N) is 2. The molecule has 0 heterocycles. The monoisotopic (exact) mass is 449 g/mol. The molecule has 0 atom stereocenters. The van der Waals surface area contributed by atoms with Gasteiger partial charge in [-0.05, 0) is 50.2 Å². The summed E-state index contributed by atoms with van der Waals surface area (Å²) in [5, 5.41) is 2.88. The van der Waals surface area contributed by atoms with Crippen LogP contribution in [0.3, 0.4) is 0 Å². The molecule has 0 aromatic heterocycles. The van der Waals surface area contributed by atoms with Crippen LogP contribution in [-0.4, -0.2) is 44.8 Å². The Morgan fingerprint density at radius 1 is 1.13 bits per heavy atom. The second-order valence-corrected chi connectivity index (χ2v) is 8.47. The van der Waals surface area contributed by atoms with Crippen molar-refractivity contribution >= 4 is 39.1 Å². The Labute approximate surface area is 181 Å². The van der Waals surface area contributed by atoms with E-state index >= 15 is 0 Å². The average molecular weight is 450 g/mol. The number of hydrogen-bond acceptors (Lipinski definition) is 4. The predicted octanol–water partition coefficient (Wildman–Crippen LogP) is 3.54. The minimum Gasteiger partial charge on any atom is -0.339 e. The number of carbonyl (C=O) groups excluding carboxylic acids is 2. The normalized spacial score (nSPS) is 11.0. The average Bonchev–Trinajstić information content (AvgIpc) is 2.73. The van der Waals surface area contributed by atoms with Crippen molar-refractivity contribution in [2.24, 2.45) is 0 Å². The van der Waals surface area contributed by atoms with E-state index in [9.17, 15) is 18.0 Å². The topological polar surface area (TPSA) is 95.6 Å². The van der Waals surface area contributed by atoms with Crippen LogP contribution >= 0.6 is 11.6 Å². The van der Waals surface area contributed by atoms with E-state index in [-0.39, 0.29) is 27.9 Å². The van der Waals surface area contributed by atoms with Gasteiger partial charge in [-0.2, -0.15) is 0 Å². The standard InChI is InChI=1S/C21H24ClN3O4S/c1-4-12-23-30(28,29)17-9-7-8-15(13-17)20(26)24-16-10-11-18(19(22)14-16)21(27)25(5-2)6-3/h4,7-11,13-14,23H,1,5-6,12H2,2-3H3,(H,24,26). The Bertz CT molecular complexity index is 1050. The van der Waals surface area contributed by atoms with Gasteiger partial charge in [0.15, 0.2) is 0 Å². The van der Waals surface area contributed by atoms with E-state index in [0.29, 0.717) is 24.3 Å². The van der Waals surface area contributed by atoms with Crippen molar-refractivity contribution in [3.05, 3.63) is 71.3 Å². The predicted molar refractivity (Wildman–Crippen MR) is 118 cm³/mol. The van der Waals surface area contributed by atoms with Crippen LogP contribution in [0.1, 0.15) is 34.6 Å². The fourth-order valence-electron chi connectivity index (χ4n) is 2.71. The summed E-state index contributed by atoms with van der Waals surface area (Å²) < 4.78 is 26.8. The summed E-state index contributed by atoms with van der Waals surface area (Å²) in [5.41, 5.74) is 0.898. The van der Waals surface area contributed by atoms with Crippen molar-refractivity contribution in [1.29, 1.82) is 0 Å². The van der Waals surface area contributed by atoms with Gasteiger partial charge in [-0.3, -0.25) is 9.59 Å². The summed E-state index contributed by atoms with van der Waals surface area (Å²) >= 11 is 6.25. The van der Waals surface area contributed by atoms with E-state index in [1.54, 1.807) is 17.0 Å². The summed E-state index contributed by atoms with van der Waals surface area (Å²) in [6.45, 7) is 8.43. The highest BCUT2D eigenvalue weighted by molar-refractivity contribution is 7.89. The molecule has 2 rings (SSSR count). The molecule has 0 unspecified atom stereocenters. The maximum Gasteiger partial charge on any atom is 0.255 e. The third-order valence-electron chi connectivity index (χ3n) is 4.33. The lowest BCUT2D eigenvalue weighted by Gasteiger charge is -2.19. The number of halogens is 1. The largest absolute Gasteiger partial charge is 0.339 e. The molecule has 0 saturated carbocycles. The van der Waals surface area contributed by atoms with E-state index in [1.165, 1.54) is 36.4 Å². The highest BCUT2D eigenvalue weighted by atomic mass is 35.5. The third-order valence-corrected chi connectivity index (χ3v) is 6.07. The highest BCUT2D eigenvalue weighted by Gasteiger charge is 2.18. The van der Waals surface area contributed by atoms with Crippen molar-refractivity contribution < 1.29 is 18.0 Å². The zero-order valence-electron chi connectivity index (χ0n) is 16.8. The van der Waals surface area contributed by atoms with Crippen LogP contribution in [0.15, 0.2) is 60.0 Å². The Morgan fingerprint density at radius 2 is 1.83 bits per heavy atom. The molecule has 0 spiro atoms. The molecule has 0 aliphatic carbocycles. The Morgan fingerprint density at radius 3 is 2.43 bits per heavy atom. The lowest BCUT2D eigenvalue weighted by atomic mass is 10.1. The van der Waals surface area contributed by atoms with Crippen LogP contribution in [0, 0.1) is 0 Å². The number of carbonyl (C=O) groups is 2. The van der Waals surface area contributed by atoms with Crippen LogP contribution in [-0.2, 0) is 10.0 Å². The van der Waals surface area contributed by atoms with Gasteiger partial charge in [0.25, 0.3) is 11.8 Å². The van der Waals surface area contributed by atoms with Gasteiger partial charge in [0, 0.05) is 30.9 Å². The molecular weight excluding hydrogens is 426 g/mol. The first-order valence-corrected chi connectivity index (χ1v) is 11.2. The minimum absolute atomic E-state index is 0.0322. The minimum atomic E-state index is -3.75. The summed E-state index contributed by atoms with van der Waals surface area (Å²) in [6.07, 6.45) is 1.42. The first-order valence-electron chi connectivity index (χ1n) is 9.34. The van der Waals surface area contributed by atoms with Crippen LogP contribution in [0.4, 0.5) is 5.69 Å². The van der Waals surface area contributed by atoms with Crippen molar-refractivity contribution in [1.82, 2.24) is 9.62 Å². The summed E-state index contributed by atoms with van der Waals surface area (Å²) in [7, 11) is -3.75. The molecule has 2 N–H and O–H groups in total. The molecular formula is C21H24ClN3O4S. The van der Waals surface area contributed by atoms with Gasteiger partial charge >= 0.3 is 0 Å². The molecule has 2 aromatic rings. The van der Waals surface area contributed by atoms with Crippen molar-refractivity contribution in [2.45, 2.75) is 18.7 Å². The molecule has 0 saturated heterocycles. The maximum atomic E-state index is 12.6.